The number of fused-ring (bicyclic) bond motifs is 3. The quantitative estimate of drug-likeness (QED) is 0.331. The highest BCUT2D eigenvalue weighted by Crippen LogP contribution is 2.49. The summed E-state index contributed by atoms with van der Waals surface area (Å²) in [5, 5.41) is 42.1. The van der Waals surface area contributed by atoms with Gasteiger partial charge in [0.2, 0.25) is 0 Å². The molecule has 0 aromatic heterocycles. The average molecular weight is 443 g/mol. The van der Waals surface area contributed by atoms with Crippen molar-refractivity contribution in [1.29, 1.82) is 10.5 Å². The lowest BCUT2D eigenvalue weighted by Gasteiger charge is -2.22. The number of hydrogen-bond donors (Lipinski definition) is 0. The first-order valence-corrected chi connectivity index (χ1v) is 10.3. The van der Waals surface area contributed by atoms with E-state index >= 15 is 0 Å². The Labute approximate surface area is 188 Å². The minimum absolute atomic E-state index is 0.0577. The fourth-order valence-electron chi connectivity index (χ4n) is 4.45. The van der Waals surface area contributed by atoms with Crippen LogP contribution in [0.25, 0.3) is 16.7 Å². The number of nitriles is 2. The van der Waals surface area contributed by atoms with E-state index in [0.717, 1.165) is 25.7 Å². The number of non-ortho nitro benzene ring substituents is 2. The molecule has 10 nitrogen and oxygen atoms in total. The number of allylic oxidation sites excluding steroid dienone is 1. The predicted octanol–water partition coefficient (Wildman–Crippen LogP) is 4.35. The van der Waals surface area contributed by atoms with Crippen LogP contribution in [0.5, 0.6) is 0 Å². The van der Waals surface area contributed by atoms with Crippen LogP contribution in [0.2, 0.25) is 0 Å². The molecule has 1 saturated heterocycles. The lowest BCUT2D eigenvalue weighted by atomic mass is 9.95. The first-order valence-electron chi connectivity index (χ1n) is 10.3. The first kappa shape index (κ1) is 21.7. The SMILES string of the molecule is N#CC(C#N)=C1c2cc([N+](=O)[O-])ccc2-c2c(C(=O)N3CCCCCC3)cc([N+](=O)[O-])cc21. The van der Waals surface area contributed by atoms with Gasteiger partial charge in [0.05, 0.1) is 15.4 Å². The molecule has 0 spiro atoms. The van der Waals surface area contributed by atoms with Crippen LogP contribution < -0.4 is 0 Å². The summed E-state index contributed by atoms with van der Waals surface area (Å²) >= 11 is 0. The molecule has 2 aliphatic rings. The van der Waals surface area contributed by atoms with Gasteiger partial charge in [-0.05, 0) is 35.6 Å². The van der Waals surface area contributed by atoms with Crippen molar-refractivity contribution in [2.24, 2.45) is 0 Å². The number of benzene rings is 2. The maximum atomic E-state index is 13.5. The number of hydrogen-bond acceptors (Lipinski definition) is 7. The topological polar surface area (TPSA) is 154 Å². The van der Waals surface area contributed by atoms with Gasteiger partial charge < -0.3 is 4.90 Å². The van der Waals surface area contributed by atoms with Gasteiger partial charge in [-0.15, -0.1) is 0 Å². The van der Waals surface area contributed by atoms with E-state index in [-0.39, 0.29) is 45.1 Å². The van der Waals surface area contributed by atoms with Gasteiger partial charge in [-0.3, -0.25) is 25.0 Å². The second-order valence-corrected chi connectivity index (χ2v) is 7.84. The first-order chi connectivity index (χ1) is 15.9. The Balaban J connectivity index is 2.04. The molecule has 0 unspecified atom stereocenters. The average Bonchev–Trinajstić information content (AvgIpc) is 2.95. The lowest BCUT2D eigenvalue weighted by molar-refractivity contribution is -0.385. The molecule has 1 amide bonds. The minimum atomic E-state index is -0.638. The van der Waals surface area contributed by atoms with Crippen molar-refractivity contribution >= 4 is 22.9 Å². The van der Waals surface area contributed by atoms with E-state index in [2.05, 4.69) is 0 Å². The zero-order valence-corrected chi connectivity index (χ0v) is 17.4. The molecule has 1 fully saturated rings. The summed E-state index contributed by atoms with van der Waals surface area (Å²) in [6, 6.07) is 9.92. The number of amides is 1. The van der Waals surface area contributed by atoms with Crippen molar-refractivity contribution in [3.63, 3.8) is 0 Å². The molecule has 0 radical (unpaired) electrons. The fraction of sp³-hybridized carbons (Fsp3) is 0.261. The Morgan fingerprint density at radius 3 is 2.03 bits per heavy atom. The molecule has 10 heteroatoms. The molecular weight excluding hydrogens is 426 g/mol. The van der Waals surface area contributed by atoms with Gasteiger partial charge in [-0.2, -0.15) is 10.5 Å². The van der Waals surface area contributed by atoms with E-state index in [1.807, 2.05) is 0 Å². The molecule has 0 N–H and O–H groups in total. The summed E-state index contributed by atoms with van der Waals surface area (Å²) < 4.78 is 0. The molecule has 33 heavy (non-hydrogen) atoms. The highest BCUT2D eigenvalue weighted by molar-refractivity contribution is 6.12. The van der Waals surface area contributed by atoms with Gasteiger partial charge in [-0.1, -0.05) is 12.8 Å². The summed E-state index contributed by atoms with van der Waals surface area (Å²) in [4.78, 5) is 37.0. The Hall–Kier alpha value is -4.57. The zero-order valence-electron chi connectivity index (χ0n) is 17.4. The van der Waals surface area contributed by atoms with Crippen molar-refractivity contribution in [1.82, 2.24) is 4.90 Å². The van der Waals surface area contributed by atoms with Crippen molar-refractivity contribution in [3.8, 4) is 23.3 Å². The predicted molar refractivity (Wildman–Crippen MR) is 117 cm³/mol. The molecule has 0 saturated carbocycles. The van der Waals surface area contributed by atoms with Crippen LogP contribution in [0.1, 0.15) is 47.2 Å². The summed E-state index contributed by atoms with van der Waals surface area (Å²) in [6.07, 6.45) is 3.63. The largest absolute Gasteiger partial charge is 0.339 e. The number of rotatable bonds is 3. The lowest BCUT2D eigenvalue weighted by Crippen LogP contribution is -2.32. The van der Waals surface area contributed by atoms with E-state index in [0.29, 0.717) is 24.2 Å². The smallest absolute Gasteiger partial charge is 0.270 e. The van der Waals surface area contributed by atoms with Gasteiger partial charge in [0.1, 0.15) is 17.7 Å². The molecule has 2 aromatic rings. The Kier molecular flexibility index (Phi) is 5.59. The van der Waals surface area contributed by atoms with Gasteiger partial charge in [-0.25, -0.2) is 0 Å². The molecule has 1 heterocycles. The standard InChI is InChI=1S/C23H17N5O5/c24-12-14(13-25)21-18-9-15(27(30)31)5-6-17(18)22-19(21)10-16(28(32)33)11-20(22)23(29)26-7-3-1-2-4-8-26/h5-6,9-11H,1-4,7-8H2. The van der Waals surface area contributed by atoms with E-state index in [4.69, 9.17) is 0 Å². The van der Waals surface area contributed by atoms with Crippen LogP contribution in [-0.4, -0.2) is 33.7 Å². The number of nitrogens with zero attached hydrogens (tertiary/aromatic N) is 5. The van der Waals surface area contributed by atoms with Crippen LogP contribution in [0.4, 0.5) is 11.4 Å². The maximum absolute atomic E-state index is 13.5. The van der Waals surface area contributed by atoms with Crippen molar-refractivity contribution in [2.75, 3.05) is 13.1 Å². The summed E-state index contributed by atoms with van der Waals surface area (Å²) in [7, 11) is 0. The molecule has 1 aliphatic carbocycles. The maximum Gasteiger partial charge on any atom is 0.270 e. The number of nitro benzene ring substituents is 2. The highest BCUT2D eigenvalue weighted by atomic mass is 16.6. The minimum Gasteiger partial charge on any atom is -0.339 e. The van der Waals surface area contributed by atoms with Gasteiger partial charge in [0.15, 0.2) is 0 Å². The summed E-state index contributed by atoms with van der Waals surface area (Å²) in [5.41, 5.74) is 0.345. The third-order valence-corrected chi connectivity index (χ3v) is 5.95. The van der Waals surface area contributed by atoms with E-state index in [1.165, 1.54) is 30.3 Å². The molecule has 0 bridgehead atoms. The van der Waals surface area contributed by atoms with Crippen LogP contribution in [0.3, 0.4) is 0 Å². The normalized spacial score (nSPS) is 14.4. The van der Waals surface area contributed by atoms with Gasteiger partial charge in [0, 0.05) is 48.5 Å². The summed E-state index contributed by atoms with van der Waals surface area (Å²) in [5.74, 6) is -0.377. The number of carbonyl (C=O) groups excluding carboxylic acids is 1. The van der Waals surface area contributed by atoms with E-state index < -0.39 is 9.85 Å². The van der Waals surface area contributed by atoms with Gasteiger partial charge >= 0.3 is 0 Å². The number of nitro groups is 2. The van der Waals surface area contributed by atoms with Crippen LogP contribution in [-0.2, 0) is 0 Å². The molecule has 0 atom stereocenters. The molecule has 164 valence electrons. The molecule has 2 aromatic carbocycles. The Morgan fingerprint density at radius 2 is 1.45 bits per heavy atom. The monoisotopic (exact) mass is 443 g/mol. The second-order valence-electron chi connectivity index (χ2n) is 7.84. The summed E-state index contributed by atoms with van der Waals surface area (Å²) in [6.45, 7) is 1.04. The zero-order chi connectivity index (χ0) is 23.7. The molecular formula is C23H17N5O5. The van der Waals surface area contributed by atoms with Crippen LogP contribution >= 0.6 is 0 Å². The van der Waals surface area contributed by atoms with Crippen molar-refractivity contribution in [3.05, 3.63) is 72.8 Å². The Morgan fingerprint density at radius 1 is 0.848 bits per heavy atom. The number of likely N-dealkylation sites (tertiary alicyclic amines) is 1. The molecule has 4 rings (SSSR count). The second kappa shape index (κ2) is 8.52. The fourth-order valence-corrected chi connectivity index (χ4v) is 4.45. The van der Waals surface area contributed by atoms with Crippen molar-refractivity contribution in [2.45, 2.75) is 25.7 Å². The van der Waals surface area contributed by atoms with Gasteiger partial charge in [0.25, 0.3) is 17.3 Å². The third-order valence-electron chi connectivity index (χ3n) is 5.95. The molecule has 1 aliphatic heterocycles. The highest BCUT2D eigenvalue weighted by Gasteiger charge is 2.35. The van der Waals surface area contributed by atoms with Crippen LogP contribution in [0, 0.1) is 42.9 Å². The third kappa shape index (κ3) is 3.68. The van der Waals surface area contributed by atoms with Crippen LogP contribution in [0.15, 0.2) is 35.9 Å². The van der Waals surface area contributed by atoms with E-state index in [1.54, 1.807) is 17.0 Å². The number of carbonyl (C=O) groups is 1. The Bertz CT molecular complexity index is 1310. The van der Waals surface area contributed by atoms with E-state index in [9.17, 15) is 35.5 Å². The van der Waals surface area contributed by atoms with Crippen molar-refractivity contribution < 1.29 is 14.6 Å².